The summed E-state index contributed by atoms with van der Waals surface area (Å²) in [5.41, 5.74) is 0. The summed E-state index contributed by atoms with van der Waals surface area (Å²) in [6, 6.07) is 0. The zero-order chi connectivity index (χ0) is 22.6. The van der Waals surface area contributed by atoms with Crippen LogP contribution in [0.5, 0.6) is 0 Å². The van der Waals surface area contributed by atoms with Crippen LogP contribution >= 0.6 is 0 Å². The summed E-state index contributed by atoms with van der Waals surface area (Å²) >= 11 is 0. The molecule has 0 spiro atoms. The highest BCUT2D eigenvalue weighted by Crippen LogP contribution is 2.27. The number of ether oxygens (including phenoxy) is 6. The van der Waals surface area contributed by atoms with Crippen LogP contribution in [-0.4, -0.2) is 107 Å². The molecule has 0 bridgehead atoms. The summed E-state index contributed by atoms with van der Waals surface area (Å²) in [6.07, 6.45) is -13.0. The molecule has 2 aliphatic heterocycles. The molecule has 4 N–H and O–H groups in total. The summed E-state index contributed by atoms with van der Waals surface area (Å²) < 4.78 is 31.3. The fraction of sp³-hybridized carbons (Fsp3) is 0.824. The second-order valence-corrected chi connectivity index (χ2v) is 6.87. The van der Waals surface area contributed by atoms with Crippen molar-refractivity contribution >= 4 is 17.9 Å². The number of hydrogen-bond donors (Lipinski definition) is 4. The maximum Gasteiger partial charge on any atom is 0.303 e. The van der Waals surface area contributed by atoms with Gasteiger partial charge in [0, 0.05) is 20.8 Å². The van der Waals surface area contributed by atoms with Gasteiger partial charge < -0.3 is 48.8 Å². The lowest BCUT2D eigenvalue weighted by Gasteiger charge is -2.42. The maximum absolute atomic E-state index is 11.6. The van der Waals surface area contributed by atoms with E-state index in [1.165, 1.54) is 0 Å². The van der Waals surface area contributed by atoms with E-state index in [1.807, 2.05) is 0 Å². The molecule has 2 aliphatic rings. The molecular formula is C17H26O13. The minimum absolute atomic E-state index is 0.266. The highest BCUT2D eigenvalue weighted by molar-refractivity contribution is 5.68. The monoisotopic (exact) mass is 438 g/mol. The molecule has 9 atom stereocenters. The molecule has 2 heterocycles. The third-order valence-electron chi connectivity index (χ3n) is 4.42. The predicted molar refractivity (Wildman–Crippen MR) is 91.3 cm³/mol. The summed E-state index contributed by atoms with van der Waals surface area (Å²) in [7, 11) is 0. The number of hydrogen-bond acceptors (Lipinski definition) is 13. The standard InChI is InChI=1S/C17H26O13/c1-6(18)27-10-5-26-17(15(29-8(3)20)14(10)28-7(2)19)25-4-9-11(21)12(22)13(23)16(24)30-9/h9-17,21-24H,4-5H2,1-3H3/t9-,10+,11+,12+,13-,14+,15-,16?,17-/m1/s1. The summed E-state index contributed by atoms with van der Waals surface area (Å²) in [5.74, 6) is -2.18. The second kappa shape index (κ2) is 10.4. The van der Waals surface area contributed by atoms with E-state index < -0.39 is 79.8 Å². The molecule has 2 fully saturated rings. The Morgan fingerprint density at radius 3 is 1.97 bits per heavy atom. The molecule has 13 heteroatoms. The van der Waals surface area contributed by atoms with Crippen LogP contribution in [0, 0.1) is 0 Å². The molecule has 1 unspecified atom stereocenters. The lowest BCUT2D eigenvalue weighted by molar-refractivity contribution is -0.314. The van der Waals surface area contributed by atoms with Crippen LogP contribution < -0.4 is 0 Å². The van der Waals surface area contributed by atoms with Crippen LogP contribution in [0.25, 0.3) is 0 Å². The third-order valence-corrected chi connectivity index (χ3v) is 4.42. The number of esters is 3. The molecule has 13 nitrogen and oxygen atoms in total. The van der Waals surface area contributed by atoms with E-state index in [1.54, 1.807) is 0 Å². The lowest BCUT2D eigenvalue weighted by Crippen LogP contribution is -2.60. The van der Waals surface area contributed by atoms with Gasteiger partial charge in [0.1, 0.15) is 24.4 Å². The van der Waals surface area contributed by atoms with Crippen molar-refractivity contribution in [3.05, 3.63) is 0 Å². The van der Waals surface area contributed by atoms with E-state index >= 15 is 0 Å². The number of carbonyl (C=O) groups is 3. The summed E-state index contributed by atoms with van der Waals surface area (Å²) in [6.45, 7) is 2.62. The predicted octanol–water partition coefficient (Wildman–Crippen LogP) is -3.05. The van der Waals surface area contributed by atoms with Gasteiger partial charge in [-0.05, 0) is 0 Å². The Hall–Kier alpha value is -1.87. The largest absolute Gasteiger partial charge is 0.456 e. The van der Waals surface area contributed by atoms with Gasteiger partial charge in [0.25, 0.3) is 0 Å². The molecule has 0 radical (unpaired) electrons. The van der Waals surface area contributed by atoms with Crippen LogP contribution in [-0.2, 0) is 42.8 Å². The Morgan fingerprint density at radius 1 is 0.833 bits per heavy atom. The van der Waals surface area contributed by atoms with Crippen molar-refractivity contribution in [2.75, 3.05) is 13.2 Å². The molecule has 30 heavy (non-hydrogen) atoms. The van der Waals surface area contributed by atoms with E-state index in [0.717, 1.165) is 20.8 Å². The van der Waals surface area contributed by atoms with Gasteiger partial charge in [-0.1, -0.05) is 0 Å². The van der Waals surface area contributed by atoms with Crippen LogP contribution in [0.3, 0.4) is 0 Å². The maximum atomic E-state index is 11.6. The molecule has 2 saturated heterocycles. The average Bonchev–Trinajstić information content (AvgIpc) is 2.64. The van der Waals surface area contributed by atoms with Crippen LogP contribution in [0.4, 0.5) is 0 Å². The average molecular weight is 438 g/mol. The summed E-state index contributed by atoms with van der Waals surface area (Å²) in [5, 5.41) is 38.9. The SMILES string of the molecule is CC(=O)O[C@@H]1[C@@H](OC(C)=O)[C@H](OC[C@H]2OC(O)[C@H](O)[C@@H](O)[C@H]2O)OC[C@@H]1OC(C)=O. The molecule has 0 aromatic heterocycles. The Bertz CT molecular complexity index is 625. The van der Waals surface area contributed by atoms with Crippen LogP contribution in [0.2, 0.25) is 0 Å². The molecule has 0 aliphatic carbocycles. The second-order valence-electron chi connectivity index (χ2n) is 6.87. The van der Waals surface area contributed by atoms with Crippen molar-refractivity contribution in [2.24, 2.45) is 0 Å². The van der Waals surface area contributed by atoms with Gasteiger partial charge in [-0.3, -0.25) is 14.4 Å². The molecular weight excluding hydrogens is 412 g/mol. The first kappa shape index (κ1) is 24.4. The van der Waals surface area contributed by atoms with Gasteiger partial charge in [0.15, 0.2) is 30.9 Å². The van der Waals surface area contributed by atoms with Crippen molar-refractivity contribution in [3.63, 3.8) is 0 Å². The molecule has 0 aromatic carbocycles. The summed E-state index contributed by atoms with van der Waals surface area (Å²) in [4.78, 5) is 34.4. The van der Waals surface area contributed by atoms with E-state index in [0.29, 0.717) is 0 Å². The number of aliphatic hydroxyl groups is 4. The normalized spacial score (nSPS) is 39.1. The minimum atomic E-state index is -1.77. The van der Waals surface area contributed by atoms with Crippen molar-refractivity contribution in [1.29, 1.82) is 0 Å². The quantitative estimate of drug-likeness (QED) is 0.242. The van der Waals surface area contributed by atoms with Gasteiger partial charge in [-0.15, -0.1) is 0 Å². The smallest absolute Gasteiger partial charge is 0.303 e. The van der Waals surface area contributed by atoms with E-state index in [-0.39, 0.29) is 6.61 Å². The van der Waals surface area contributed by atoms with Crippen molar-refractivity contribution in [1.82, 2.24) is 0 Å². The van der Waals surface area contributed by atoms with Crippen molar-refractivity contribution < 1.29 is 63.2 Å². The van der Waals surface area contributed by atoms with Gasteiger partial charge in [-0.25, -0.2) is 0 Å². The topological polar surface area (TPSA) is 188 Å². The first-order valence-corrected chi connectivity index (χ1v) is 9.13. The Kier molecular flexibility index (Phi) is 8.49. The molecule has 2 rings (SSSR count). The third kappa shape index (κ3) is 6.07. The first-order valence-electron chi connectivity index (χ1n) is 9.13. The molecule has 0 aromatic rings. The van der Waals surface area contributed by atoms with Gasteiger partial charge >= 0.3 is 17.9 Å². The fourth-order valence-electron chi connectivity index (χ4n) is 3.11. The molecule has 0 saturated carbocycles. The first-order chi connectivity index (χ1) is 14.0. The number of aliphatic hydroxyl groups excluding tert-OH is 4. The minimum Gasteiger partial charge on any atom is -0.456 e. The van der Waals surface area contributed by atoms with E-state index in [2.05, 4.69) is 0 Å². The number of rotatable bonds is 6. The highest BCUT2D eigenvalue weighted by Gasteiger charge is 2.49. The molecule has 0 amide bonds. The zero-order valence-corrected chi connectivity index (χ0v) is 16.6. The van der Waals surface area contributed by atoms with Gasteiger partial charge in [0.2, 0.25) is 0 Å². The van der Waals surface area contributed by atoms with Crippen LogP contribution in [0.15, 0.2) is 0 Å². The fourth-order valence-corrected chi connectivity index (χ4v) is 3.11. The number of carbonyl (C=O) groups excluding carboxylic acids is 3. The van der Waals surface area contributed by atoms with Crippen molar-refractivity contribution in [2.45, 2.75) is 76.1 Å². The van der Waals surface area contributed by atoms with Crippen LogP contribution in [0.1, 0.15) is 20.8 Å². The Labute approximate surface area is 171 Å². The Balaban J connectivity index is 2.14. The molecule has 172 valence electrons. The van der Waals surface area contributed by atoms with Crippen molar-refractivity contribution in [3.8, 4) is 0 Å². The highest BCUT2D eigenvalue weighted by atomic mass is 16.7. The van der Waals surface area contributed by atoms with E-state index in [4.69, 9.17) is 28.4 Å². The van der Waals surface area contributed by atoms with Gasteiger partial charge in [-0.2, -0.15) is 0 Å². The lowest BCUT2D eigenvalue weighted by atomic mass is 9.99. The Morgan fingerprint density at radius 2 is 1.40 bits per heavy atom. The van der Waals surface area contributed by atoms with E-state index in [9.17, 15) is 34.8 Å². The van der Waals surface area contributed by atoms with Gasteiger partial charge in [0.05, 0.1) is 13.2 Å². The zero-order valence-electron chi connectivity index (χ0n) is 16.6.